The molecule has 1 aromatic rings. The maximum atomic E-state index is 12.7. The van der Waals surface area contributed by atoms with Crippen molar-refractivity contribution in [2.45, 2.75) is 49.7 Å². The smallest absolute Gasteiger partial charge is 0.329 e. The highest BCUT2D eigenvalue weighted by atomic mass is 16.6. The van der Waals surface area contributed by atoms with E-state index in [1.807, 2.05) is 0 Å². The van der Waals surface area contributed by atoms with E-state index >= 15 is 0 Å². The molecule has 34 heavy (non-hydrogen) atoms. The van der Waals surface area contributed by atoms with Crippen molar-refractivity contribution in [3.8, 4) is 5.75 Å². The van der Waals surface area contributed by atoms with Crippen LogP contribution >= 0.6 is 0 Å². The minimum absolute atomic E-state index is 0.0494. The van der Waals surface area contributed by atoms with Crippen LogP contribution in [0.3, 0.4) is 0 Å². The van der Waals surface area contributed by atoms with Gasteiger partial charge in [-0.3, -0.25) is 14.6 Å². The molecule has 1 saturated heterocycles. The second-order valence-electron chi connectivity index (χ2n) is 8.10. The number of aromatic hydroxyl groups is 1. The van der Waals surface area contributed by atoms with Crippen LogP contribution in [0.25, 0.3) is 0 Å². The minimum atomic E-state index is -1.78. The van der Waals surface area contributed by atoms with Crippen molar-refractivity contribution in [3.05, 3.63) is 36.3 Å². The number of nitrogens with zero attached hydrogens (tertiary/aromatic N) is 2. The second-order valence-corrected chi connectivity index (χ2v) is 8.10. The Balaban J connectivity index is 1.69. The summed E-state index contributed by atoms with van der Waals surface area (Å²) in [4.78, 5) is 41.1. The van der Waals surface area contributed by atoms with E-state index in [1.54, 1.807) is 0 Å². The molecule has 2 aliphatic heterocycles. The molecule has 0 bridgehead atoms. The number of carbonyl (C=O) groups is 3. The molecule has 0 spiro atoms. The molecule has 3 heterocycles. The van der Waals surface area contributed by atoms with E-state index in [-0.39, 0.29) is 24.0 Å². The van der Waals surface area contributed by atoms with Gasteiger partial charge in [-0.15, -0.1) is 0 Å². The third-order valence-electron chi connectivity index (χ3n) is 5.79. The summed E-state index contributed by atoms with van der Waals surface area (Å²) < 4.78 is 5.56. The number of aliphatic hydroxyl groups excluding tert-OH is 3. The zero-order valence-electron chi connectivity index (χ0n) is 18.1. The molecule has 2 amide bonds. The van der Waals surface area contributed by atoms with Crippen molar-refractivity contribution in [3.63, 3.8) is 0 Å². The molecule has 1 fully saturated rings. The van der Waals surface area contributed by atoms with Crippen LogP contribution in [0.4, 0.5) is 0 Å². The molecular weight excluding hydrogens is 454 g/mol. The van der Waals surface area contributed by atoms with Crippen molar-refractivity contribution in [1.82, 2.24) is 20.5 Å². The van der Waals surface area contributed by atoms with Gasteiger partial charge in [0.1, 0.15) is 30.2 Å². The number of aliphatic hydroxyl groups is 3. The number of amides is 2. The van der Waals surface area contributed by atoms with Gasteiger partial charge in [0.25, 0.3) is 0 Å². The standard InChI is InChI=1S/C20H27N5O9/c1-8(14(28)10-3-2-9(26)6-22-10)12(21)18(31)24-13(20(32)33)17-15(29)16(30)19(34-17)25-5-4-11(27)23-7-25/h2-6,8,12-17,19,26,28-30H,7,21H2,1H3,(H,23,27)(H,24,31)(H,32,33)/t8-,12+,13+,14-,15-,16+,17-,19-/m1/s1. The van der Waals surface area contributed by atoms with E-state index in [9.17, 15) is 39.9 Å². The fraction of sp³-hybridized carbons (Fsp3) is 0.500. The molecule has 9 N–H and O–H groups in total. The lowest BCUT2D eigenvalue weighted by molar-refractivity contribution is -0.150. The number of hydrogen-bond donors (Lipinski definition) is 8. The molecule has 0 unspecified atom stereocenters. The van der Waals surface area contributed by atoms with Gasteiger partial charge in [0.2, 0.25) is 11.8 Å². The summed E-state index contributed by atoms with van der Waals surface area (Å²) in [5.41, 5.74) is 6.09. The topological polar surface area (TPSA) is 228 Å². The van der Waals surface area contributed by atoms with Gasteiger partial charge in [-0.2, -0.15) is 0 Å². The maximum absolute atomic E-state index is 12.7. The lowest BCUT2D eigenvalue weighted by Crippen LogP contribution is -2.57. The van der Waals surface area contributed by atoms with Gasteiger partial charge in [-0.1, -0.05) is 6.92 Å². The average molecular weight is 481 g/mol. The summed E-state index contributed by atoms with van der Waals surface area (Å²) in [7, 11) is 0. The van der Waals surface area contributed by atoms with Crippen molar-refractivity contribution >= 4 is 17.8 Å². The first-order chi connectivity index (χ1) is 16.0. The Morgan fingerprint density at radius 3 is 2.59 bits per heavy atom. The molecular formula is C20H27N5O9. The first-order valence-corrected chi connectivity index (χ1v) is 10.4. The summed E-state index contributed by atoms with van der Waals surface area (Å²) in [5.74, 6) is -3.90. The van der Waals surface area contributed by atoms with E-state index in [4.69, 9.17) is 10.5 Å². The number of rotatable bonds is 8. The van der Waals surface area contributed by atoms with Gasteiger partial charge >= 0.3 is 5.97 Å². The normalized spacial score (nSPS) is 28.0. The quantitative estimate of drug-likeness (QED) is 0.183. The number of nitrogens with two attached hydrogens (primary N) is 1. The van der Waals surface area contributed by atoms with E-state index in [0.717, 1.165) is 6.20 Å². The molecule has 14 heteroatoms. The van der Waals surface area contributed by atoms with Crippen LogP contribution < -0.4 is 16.4 Å². The summed E-state index contributed by atoms with van der Waals surface area (Å²) in [5, 5.41) is 54.9. The van der Waals surface area contributed by atoms with E-state index in [0.29, 0.717) is 0 Å². The molecule has 14 nitrogen and oxygen atoms in total. The van der Waals surface area contributed by atoms with E-state index in [2.05, 4.69) is 15.6 Å². The molecule has 0 aliphatic carbocycles. The number of hydrogen-bond acceptors (Lipinski definition) is 11. The van der Waals surface area contributed by atoms with Gasteiger partial charge in [0.15, 0.2) is 12.3 Å². The Kier molecular flexibility index (Phi) is 7.68. The van der Waals surface area contributed by atoms with Crippen molar-refractivity contribution in [1.29, 1.82) is 0 Å². The van der Waals surface area contributed by atoms with Crippen LogP contribution in [-0.4, -0.2) is 96.5 Å². The van der Waals surface area contributed by atoms with Crippen LogP contribution in [0, 0.1) is 5.92 Å². The number of aliphatic carboxylic acids is 1. The zero-order valence-corrected chi connectivity index (χ0v) is 18.1. The summed E-state index contributed by atoms with van der Waals surface area (Å²) in [6, 6.07) is -0.517. The summed E-state index contributed by atoms with van der Waals surface area (Å²) in [6.45, 7) is 1.41. The van der Waals surface area contributed by atoms with Crippen LogP contribution in [0.15, 0.2) is 30.6 Å². The second kappa shape index (κ2) is 10.3. The molecule has 0 aromatic carbocycles. The summed E-state index contributed by atoms with van der Waals surface area (Å²) in [6.07, 6.45) is -3.65. The van der Waals surface area contributed by atoms with Gasteiger partial charge in [-0.25, -0.2) is 4.79 Å². The first-order valence-electron chi connectivity index (χ1n) is 10.4. The van der Waals surface area contributed by atoms with Crippen LogP contribution in [0.5, 0.6) is 5.75 Å². The van der Waals surface area contributed by atoms with Crippen molar-refractivity contribution in [2.75, 3.05) is 6.67 Å². The molecule has 2 aliphatic rings. The molecule has 3 rings (SSSR count). The molecule has 0 saturated carbocycles. The third-order valence-corrected chi connectivity index (χ3v) is 5.79. The van der Waals surface area contributed by atoms with E-state index in [1.165, 1.54) is 36.2 Å². The Hall–Kier alpha value is -3.30. The molecule has 0 radical (unpaired) electrons. The van der Waals surface area contributed by atoms with Crippen LogP contribution in [0.1, 0.15) is 18.7 Å². The molecule has 8 atom stereocenters. The Morgan fingerprint density at radius 2 is 2.03 bits per heavy atom. The molecule has 1 aromatic heterocycles. The SMILES string of the molecule is C[C@H]([C@H](N)C(=O)N[C@H](C(=O)O)[C@H]1O[C@@H](N2C=CC(=O)NC2)[C@@H](O)[C@H]1O)[C@@H](O)c1ccc(O)cn1. The number of aromatic nitrogens is 1. The predicted octanol–water partition coefficient (Wildman–Crippen LogP) is -3.30. The Morgan fingerprint density at radius 1 is 1.32 bits per heavy atom. The van der Waals surface area contributed by atoms with Crippen LogP contribution in [-0.2, 0) is 19.1 Å². The predicted molar refractivity (Wildman–Crippen MR) is 112 cm³/mol. The monoisotopic (exact) mass is 481 g/mol. The lowest BCUT2D eigenvalue weighted by atomic mass is 9.92. The number of pyridine rings is 1. The van der Waals surface area contributed by atoms with Gasteiger partial charge in [0.05, 0.1) is 24.6 Å². The fourth-order valence-electron chi connectivity index (χ4n) is 3.67. The largest absolute Gasteiger partial charge is 0.506 e. The number of ether oxygens (including phenoxy) is 1. The lowest BCUT2D eigenvalue weighted by Gasteiger charge is -2.31. The zero-order chi connectivity index (χ0) is 25.2. The third kappa shape index (κ3) is 5.26. The molecule has 186 valence electrons. The van der Waals surface area contributed by atoms with E-state index < -0.39 is 60.5 Å². The number of carboxylic acid groups (broad SMARTS) is 1. The highest BCUT2D eigenvalue weighted by Gasteiger charge is 2.51. The highest BCUT2D eigenvalue weighted by molar-refractivity contribution is 5.88. The highest BCUT2D eigenvalue weighted by Crippen LogP contribution is 2.28. The number of carbonyl (C=O) groups excluding carboxylic acids is 2. The average Bonchev–Trinajstić information content (AvgIpc) is 3.10. The van der Waals surface area contributed by atoms with Crippen molar-refractivity contribution < 1.29 is 44.7 Å². The minimum Gasteiger partial charge on any atom is -0.506 e. The van der Waals surface area contributed by atoms with Gasteiger partial charge < -0.3 is 51.5 Å². The number of carboxylic acids is 1. The number of nitrogens with one attached hydrogen (secondary N) is 2. The van der Waals surface area contributed by atoms with Gasteiger partial charge in [-0.05, 0) is 12.1 Å². The maximum Gasteiger partial charge on any atom is 0.329 e. The van der Waals surface area contributed by atoms with Crippen LogP contribution in [0.2, 0.25) is 0 Å². The van der Waals surface area contributed by atoms with Gasteiger partial charge in [0, 0.05) is 18.2 Å². The Labute approximate surface area is 193 Å². The first kappa shape index (κ1) is 25.3. The fourth-order valence-corrected chi connectivity index (χ4v) is 3.67. The van der Waals surface area contributed by atoms with Crippen molar-refractivity contribution in [2.24, 2.45) is 11.7 Å². The Bertz CT molecular complexity index is 943. The summed E-state index contributed by atoms with van der Waals surface area (Å²) >= 11 is 0.